The van der Waals surface area contributed by atoms with Gasteiger partial charge in [0.2, 0.25) is 5.91 Å². The van der Waals surface area contributed by atoms with Gasteiger partial charge < -0.3 is 19.2 Å². The lowest BCUT2D eigenvalue weighted by atomic mass is 10.2. The van der Waals surface area contributed by atoms with Crippen molar-refractivity contribution in [1.82, 2.24) is 15.2 Å². The quantitative estimate of drug-likeness (QED) is 0.577. The van der Waals surface area contributed by atoms with E-state index < -0.39 is 0 Å². The smallest absolute Gasteiger partial charge is 0.226 e. The van der Waals surface area contributed by atoms with Crippen LogP contribution in [-0.4, -0.2) is 50.7 Å². The molecule has 0 spiro atoms. The van der Waals surface area contributed by atoms with Crippen LogP contribution in [0.4, 0.5) is 0 Å². The average molecular weight is 416 g/mol. The number of thiazole rings is 1. The minimum absolute atomic E-state index is 0.0216. The summed E-state index contributed by atoms with van der Waals surface area (Å²) in [4.78, 5) is 19.0. The van der Waals surface area contributed by atoms with Gasteiger partial charge in [-0.3, -0.25) is 9.69 Å². The number of likely N-dealkylation sites (N-methyl/N-ethyl adjacent to an activating group) is 1. The van der Waals surface area contributed by atoms with Gasteiger partial charge in [0, 0.05) is 17.5 Å². The summed E-state index contributed by atoms with van der Waals surface area (Å²) in [5.41, 5.74) is 1.65. The van der Waals surface area contributed by atoms with E-state index in [4.69, 9.17) is 13.9 Å². The van der Waals surface area contributed by atoms with Gasteiger partial charge in [0.15, 0.2) is 11.5 Å². The Kier molecular flexibility index (Phi) is 6.90. The second-order valence-electron chi connectivity index (χ2n) is 6.69. The number of nitrogens with zero attached hydrogens (tertiary/aromatic N) is 2. The Morgan fingerprint density at radius 3 is 2.69 bits per heavy atom. The maximum Gasteiger partial charge on any atom is 0.226 e. The van der Waals surface area contributed by atoms with Crippen LogP contribution >= 0.6 is 11.3 Å². The zero-order valence-corrected chi connectivity index (χ0v) is 17.8. The molecule has 0 radical (unpaired) electrons. The van der Waals surface area contributed by atoms with Gasteiger partial charge in [-0.05, 0) is 44.4 Å². The zero-order valence-electron chi connectivity index (χ0n) is 17.0. The molecule has 1 unspecified atom stereocenters. The van der Waals surface area contributed by atoms with Crippen LogP contribution in [0, 0.1) is 0 Å². The second kappa shape index (κ2) is 9.58. The first-order valence-electron chi connectivity index (χ1n) is 9.15. The van der Waals surface area contributed by atoms with E-state index in [1.54, 1.807) is 20.5 Å². The summed E-state index contributed by atoms with van der Waals surface area (Å²) in [7, 11) is 7.11. The van der Waals surface area contributed by atoms with Crippen molar-refractivity contribution in [1.29, 1.82) is 0 Å². The molecule has 1 amide bonds. The summed E-state index contributed by atoms with van der Waals surface area (Å²) in [6.45, 7) is 0.464. The lowest BCUT2D eigenvalue weighted by molar-refractivity contribution is -0.120. The highest BCUT2D eigenvalue weighted by Gasteiger charge is 2.18. The van der Waals surface area contributed by atoms with Crippen LogP contribution in [0.3, 0.4) is 0 Å². The SMILES string of the molecule is COc1ccc(-c2nc(CC(=O)NCC(c3ccco3)N(C)C)cs2)cc1OC. The van der Waals surface area contributed by atoms with Crippen molar-refractivity contribution >= 4 is 17.2 Å². The minimum Gasteiger partial charge on any atom is -0.493 e. The third-order valence-electron chi connectivity index (χ3n) is 4.51. The van der Waals surface area contributed by atoms with Crippen LogP contribution in [0.15, 0.2) is 46.4 Å². The van der Waals surface area contributed by atoms with E-state index in [0.29, 0.717) is 18.0 Å². The predicted octanol–water partition coefficient (Wildman–Crippen LogP) is 3.38. The number of benzene rings is 1. The number of carbonyl (C=O) groups excluding carboxylic acids is 1. The highest BCUT2D eigenvalue weighted by atomic mass is 32.1. The molecule has 0 saturated heterocycles. The van der Waals surface area contributed by atoms with E-state index in [-0.39, 0.29) is 18.4 Å². The Morgan fingerprint density at radius 2 is 2.03 bits per heavy atom. The molecule has 2 heterocycles. The third-order valence-corrected chi connectivity index (χ3v) is 5.45. The minimum atomic E-state index is -0.0763. The molecule has 0 fully saturated rings. The highest BCUT2D eigenvalue weighted by molar-refractivity contribution is 7.13. The summed E-state index contributed by atoms with van der Waals surface area (Å²) in [6.07, 6.45) is 1.86. The molecule has 2 aromatic heterocycles. The van der Waals surface area contributed by atoms with Crippen molar-refractivity contribution in [2.75, 3.05) is 34.9 Å². The fourth-order valence-electron chi connectivity index (χ4n) is 2.95. The van der Waals surface area contributed by atoms with Gasteiger partial charge in [-0.1, -0.05) is 0 Å². The van der Waals surface area contributed by atoms with Gasteiger partial charge in [0.1, 0.15) is 10.8 Å². The number of rotatable bonds is 9. The molecule has 3 rings (SSSR count). The van der Waals surface area contributed by atoms with Crippen molar-refractivity contribution in [2.45, 2.75) is 12.5 Å². The van der Waals surface area contributed by atoms with Crippen LogP contribution in [-0.2, 0) is 11.2 Å². The molecule has 8 heteroatoms. The summed E-state index contributed by atoms with van der Waals surface area (Å²) >= 11 is 1.49. The first-order chi connectivity index (χ1) is 14.0. The van der Waals surface area contributed by atoms with Gasteiger partial charge in [-0.15, -0.1) is 11.3 Å². The lowest BCUT2D eigenvalue weighted by Gasteiger charge is -2.22. The van der Waals surface area contributed by atoms with E-state index in [2.05, 4.69) is 10.3 Å². The summed E-state index contributed by atoms with van der Waals surface area (Å²) in [6, 6.07) is 9.39. The maximum absolute atomic E-state index is 12.4. The van der Waals surface area contributed by atoms with E-state index >= 15 is 0 Å². The maximum atomic E-state index is 12.4. The molecule has 0 aliphatic carbocycles. The number of amides is 1. The van der Waals surface area contributed by atoms with E-state index in [9.17, 15) is 4.79 Å². The van der Waals surface area contributed by atoms with E-state index in [0.717, 1.165) is 22.0 Å². The molecular weight excluding hydrogens is 390 g/mol. The first kappa shape index (κ1) is 20.9. The lowest BCUT2D eigenvalue weighted by Crippen LogP contribution is -2.35. The number of hydrogen-bond acceptors (Lipinski definition) is 7. The van der Waals surface area contributed by atoms with E-state index in [1.807, 2.05) is 54.7 Å². The van der Waals surface area contributed by atoms with Crippen molar-refractivity contribution in [2.24, 2.45) is 0 Å². The molecule has 1 atom stereocenters. The summed E-state index contributed by atoms with van der Waals surface area (Å²) in [5.74, 6) is 2.05. The second-order valence-corrected chi connectivity index (χ2v) is 7.55. The fourth-order valence-corrected chi connectivity index (χ4v) is 3.76. The number of ether oxygens (including phenoxy) is 2. The van der Waals surface area contributed by atoms with Gasteiger partial charge in [-0.2, -0.15) is 0 Å². The van der Waals surface area contributed by atoms with Crippen LogP contribution in [0.25, 0.3) is 10.6 Å². The first-order valence-corrected chi connectivity index (χ1v) is 10.0. The monoisotopic (exact) mass is 415 g/mol. The number of nitrogens with one attached hydrogen (secondary N) is 1. The van der Waals surface area contributed by atoms with E-state index in [1.165, 1.54) is 11.3 Å². The zero-order chi connectivity index (χ0) is 20.8. The molecule has 154 valence electrons. The molecule has 29 heavy (non-hydrogen) atoms. The topological polar surface area (TPSA) is 76.8 Å². The van der Waals surface area contributed by atoms with Crippen molar-refractivity contribution in [3.05, 3.63) is 53.4 Å². The van der Waals surface area contributed by atoms with Crippen molar-refractivity contribution in [3.8, 4) is 22.1 Å². The Hall–Kier alpha value is -2.84. The predicted molar refractivity (Wildman–Crippen MR) is 113 cm³/mol. The molecule has 0 aliphatic heterocycles. The van der Waals surface area contributed by atoms with Gasteiger partial charge >= 0.3 is 0 Å². The third kappa shape index (κ3) is 5.16. The Morgan fingerprint density at radius 1 is 1.24 bits per heavy atom. The van der Waals surface area contributed by atoms with Gasteiger partial charge in [0.25, 0.3) is 0 Å². The fraction of sp³-hybridized carbons (Fsp3) is 0.333. The standard InChI is InChI=1S/C21H25N3O4S/c1-24(2)16(17-6-5-9-28-17)12-22-20(25)11-15-13-29-21(23-15)14-7-8-18(26-3)19(10-14)27-4/h5-10,13,16H,11-12H2,1-4H3,(H,22,25). The summed E-state index contributed by atoms with van der Waals surface area (Å²) in [5, 5.41) is 5.70. The molecule has 0 bridgehead atoms. The Balaban J connectivity index is 1.62. The molecule has 0 saturated carbocycles. The Bertz CT molecular complexity index is 937. The number of aromatic nitrogens is 1. The van der Waals surface area contributed by atoms with Crippen molar-refractivity contribution < 1.29 is 18.7 Å². The van der Waals surface area contributed by atoms with Crippen LogP contribution in [0.1, 0.15) is 17.5 Å². The normalized spacial score (nSPS) is 12.0. The number of furan rings is 1. The van der Waals surface area contributed by atoms with Crippen molar-refractivity contribution in [3.63, 3.8) is 0 Å². The highest BCUT2D eigenvalue weighted by Crippen LogP contribution is 2.33. The molecule has 3 aromatic rings. The summed E-state index contributed by atoms with van der Waals surface area (Å²) < 4.78 is 16.1. The van der Waals surface area contributed by atoms with Gasteiger partial charge in [0.05, 0.1) is 38.6 Å². The molecular formula is C21H25N3O4S. The van der Waals surface area contributed by atoms with Crippen LogP contribution in [0.2, 0.25) is 0 Å². The number of carbonyl (C=O) groups is 1. The van der Waals surface area contributed by atoms with Crippen LogP contribution in [0.5, 0.6) is 11.5 Å². The largest absolute Gasteiger partial charge is 0.493 e. The van der Waals surface area contributed by atoms with Crippen LogP contribution < -0.4 is 14.8 Å². The number of methoxy groups -OCH3 is 2. The molecule has 0 aliphatic rings. The molecule has 7 nitrogen and oxygen atoms in total. The molecule has 1 N–H and O–H groups in total. The molecule has 1 aromatic carbocycles. The Labute approximate surface area is 174 Å². The number of hydrogen-bond donors (Lipinski definition) is 1. The van der Waals surface area contributed by atoms with Gasteiger partial charge in [-0.25, -0.2) is 4.98 Å². The average Bonchev–Trinajstić information content (AvgIpc) is 3.40.